The third-order valence-electron chi connectivity index (χ3n) is 6.20. The highest BCUT2D eigenvalue weighted by atomic mass is 16.5. The molecule has 130 valence electrons. The Morgan fingerprint density at radius 3 is 2.75 bits per heavy atom. The van der Waals surface area contributed by atoms with Crippen molar-refractivity contribution in [2.24, 2.45) is 11.3 Å². The number of methoxy groups -OCH3 is 1. The molecule has 0 unspecified atom stereocenters. The van der Waals surface area contributed by atoms with Gasteiger partial charge in [0.05, 0.1) is 13.2 Å². The minimum Gasteiger partial charge on any atom is -0.453 e. The van der Waals surface area contributed by atoms with E-state index in [0.29, 0.717) is 23.5 Å². The maximum Gasteiger partial charge on any atom is 0.411 e. The molecular weight excluding hydrogens is 304 g/mol. The summed E-state index contributed by atoms with van der Waals surface area (Å²) in [6.07, 6.45) is 6.58. The van der Waals surface area contributed by atoms with Crippen molar-refractivity contribution in [3.63, 3.8) is 0 Å². The van der Waals surface area contributed by atoms with Crippen LogP contribution in [0.2, 0.25) is 0 Å². The van der Waals surface area contributed by atoms with Gasteiger partial charge in [0.25, 0.3) is 0 Å². The molecule has 0 radical (unpaired) electrons. The van der Waals surface area contributed by atoms with Crippen molar-refractivity contribution < 1.29 is 14.3 Å². The molecular formula is C19H26N2O3. The molecule has 3 fully saturated rings. The van der Waals surface area contributed by atoms with E-state index in [2.05, 4.69) is 27.5 Å². The van der Waals surface area contributed by atoms with Gasteiger partial charge in [0.15, 0.2) is 0 Å². The van der Waals surface area contributed by atoms with Crippen molar-refractivity contribution in [1.29, 1.82) is 0 Å². The molecule has 1 aromatic carbocycles. The van der Waals surface area contributed by atoms with Crippen molar-refractivity contribution in [3.05, 3.63) is 29.8 Å². The molecule has 24 heavy (non-hydrogen) atoms. The Morgan fingerprint density at radius 2 is 2.04 bits per heavy atom. The standard InChI is InChI=1S/C19H26N2O3/c1-23-18(22)21-14-6-4-13(5-7-14)12-20-16-15-8-11-24-17(15)19(16)9-2-3-10-19/h4-7,15-17,20H,2-3,8-12H2,1H3,(H,21,22)/t15-,16-,17-/m1/s1. The van der Waals surface area contributed by atoms with Crippen LogP contribution in [0, 0.1) is 11.3 Å². The van der Waals surface area contributed by atoms with E-state index in [-0.39, 0.29) is 0 Å². The Balaban J connectivity index is 1.37. The zero-order chi connectivity index (χ0) is 16.6. The molecule has 4 rings (SSSR count). The van der Waals surface area contributed by atoms with Crippen molar-refractivity contribution in [2.75, 3.05) is 19.0 Å². The molecule has 1 spiro atoms. The molecule has 3 atom stereocenters. The number of hydrogen-bond donors (Lipinski definition) is 2. The third kappa shape index (κ3) is 2.60. The molecule has 2 aliphatic carbocycles. The summed E-state index contributed by atoms with van der Waals surface area (Å²) in [6, 6.07) is 8.55. The third-order valence-corrected chi connectivity index (χ3v) is 6.20. The summed E-state index contributed by atoms with van der Waals surface area (Å²) < 4.78 is 10.6. The molecule has 0 bridgehead atoms. The molecule has 2 N–H and O–H groups in total. The highest BCUT2D eigenvalue weighted by Gasteiger charge is 2.64. The highest BCUT2D eigenvalue weighted by Crippen LogP contribution is 2.60. The molecule has 1 aliphatic heterocycles. The van der Waals surface area contributed by atoms with Gasteiger partial charge >= 0.3 is 6.09 Å². The predicted octanol–water partition coefficient (Wildman–Crippen LogP) is 3.30. The van der Waals surface area contributed by atoms with Gasteiger partial charge in [-0.2, -0.15) is 0 Å². The molecule has 2 saturated carbocycles. The van der Waals surface area contributed by atoms with E-state index in [4.69, 9.17) is 4.74 Å². The molecule has 5 heteroatoms. The van der Waals surface area contributed by atoms with Crippen LogP contribution in [0.15, 0.2) is 24.3 Å². The lowest BCUT2D eigenvalue weighted by atomic mass is 9.54. The maximum atomic E-state index is 11.2. The van der Waals surface area contributed by atoms with E-state index in [9.17, 15) is 4.79 Å². The van der Waals surface area contributed by atoms with Crippen LogP contribution in [0.5, 0.6) is 0 Å². The number of fused-ring (bicyclic) bond motifs is 2. The largest absolute Gasteiger partial charge is 0.453 e. The number of carbonyl (C=O) groups is 1. The summed E-state index contributed by atoms with van der Waals surface area (Å²) in [5, 5.41) is 6.50. The summed E-state index contributed by atoms with van der Waals surface area (Å²) in [5.74, 6) is 0.698. The van der Waals surface area contributed by atoms with Crippen molar-refractivity contribution in [2.45, 2.75) is 50.8 Å². The average Bonchev–Trinajstić information content (AvgIpc) is 3.25. The van der Waals surface area contributed by atoms with Crippen molar-refractivity contribution in [1.82, 2.24) is 5.32 Å². The van der Waals surface area contributed by atoms with Crippen LogP contribution in [0.1, 0.15) is 37.7 Å². The van der Waals surface area contributed by atoms with Gasteiger partial charge in [-0.15, -0.1) is 0 Å². The molecule has 0 aromatic heterocycles. The van der Waals surface area contributed by atoms with E-state index < -0.39 is 6.09 Å². The molecule has 1 aromatic rings. The SMILES string of the molecule is COC(=O)Nc1ccc(CN[C@@H]2[C@H]3CCO[C@H]3C23CCCC3)cc1. The maximum absolute atomic E-state index is 11.2. The van der Waals surface area contributed by atoms with E-state index in [1.54, 1.807) is 0 Å². The smallest absolute Gasteiger partial charge is 0.411 e. The Kier molecular flexibility index (Phi) is 4.22. The van der Waals surface area contributed by atoms with Gasteiger partial charge < -0.3 is 14.8 Å². The Morgan fingerprint density at radius 1 is 1.29 bits per heavy atom. The van der Waals surface area contributed by atoms with E-state index in [1.165, 1.54) is 44.8 Å². The van der Waals surface area contributed by atoms with Crippen LogP contribution >= 0.6 is 0 Å². The minimum atomic E-state index is -0.439. The van der Waals surface area contributed by atoms with Gasteiger partial charge in [0, 0.05) is 36.2 Å². The van der Waals surface area contributed by atoms with E-state index in [0.717, 1.165) is 18.8 Å². The minimum absolute atomic E-state index is 0.396. The van der Waals surface area contributed by atoms with Crippen molar-refractivity contribution >= 4 is 11.8 Å². The summed E-state index contributed by atoms with van der Waals surface area (Å²) in [5.41, 5.74) is 2.39. The van der Waals surface area contributed by atoms with Crippen LogP contribution in [-0.2, 0) is 16.0 Å². The first kappa shape index (κ1) is 15.9. The number of rotatable bonds is 4. The van der Waals surface area contributed by atoms with E-state index >= 15 is 0 Å². The Bertz CT molecular complexity index is 595. The van der Waals surface area contributed by atoms with Crippen LogP contribution in [0.4, 0.5) is 10.5 Å². The topological polar surface area (TPSA) is 59.6 Å². The molecule has 5 nitrogen and oxygen atoms in total. The first-order chi connectivity index (χ1) is 11.7. The van der Waals surface area contributed by atoms with Crippen LogP contribution in [0.25, 0.3) is 0 Å². The lowest BCUT2D eigenvalue weighted by Gasteiger charge is -2.57. The Labute approximate surface area is 143 Å². The number of carbonyl (C=O) groups excluding carboxylic acids is 1. The quantitative estimate of drug-likeness (QED) is 0.889. The monoisotopic (exact) mass is 330 g/mol. The fraction of sp³-hybridized carbons (Fsp3) is 0.632. The summed E-state index contributed by atoms with van der Waals surface area (Å²) in [6.45, 7) is 1.80. The highest BCUT2D eigenvalue weighted by molar-refractivity contribution is 5.84. The van der Waals surface area contributed by atoms with Gasteiger partial charge in [-0.25, -0.2) is 4.79 Å². The number of hydrogen-bond acceptors (Lipinski definition) is 4. The van der Waals surface area contributed by atoms with Crippen LogP contribution in [-0.4, -0.2) is 32.0 Å². The summed E-state index contributed by atoms with van der Waals surface area (Å²) in [7, 11) is 1.37. The fourth-order valence-corrected chi connectivity index (χ4v) is 5.11. The summed E-state index contributed by atoms with van der Waals surface area (Å²) in [4.78, 5) is 11.2. The second-order valence-electron chi connectivity index (χ2n) is 7.36. The molecule has 3 aliphatic rings. The first-order valence-electron chi connectivity index (χ1n) is 9.02. The zero-order valence-electron chi connectivity index (χ0n) is 14.2. The Hall–Kier alpha value is -1.59. The van der Waals surface area contributed by atoms with E-state index in [1.807, 2.05) is 12.1 Å². The predicted molar refractivity (Wildman–Crippen MR) is 91.8 cm³/mol. The van der Waals surface area contributed by atoms with Crippen LogP contribution in [0.3, 0.4) is 0 Å². The fourth-order valence-electron chi connectivity index (χ4n) is 5.11. The summed E-state index contributed by atoms with van der Waals surface area (Å²) >= 11 is 0. The number of benzene rings is 1. The number of amides is 1. The molecule has 1 amide bonds. The van der Waals surface area contributed by atoms with Crippen LogP contribution < -0.4 is 10.6 Å². The number of ether oxygens (including phenoxy) is 2. The number of nitrogens with one attached hydrogen (secondary N) is 2. The lowest BCUT2D eigenvalue weighted by Crippen LogP contribution is -2.67. The molecule has 1 heterocycles. The lowest BCUT2D eigenvalue weighted by molar-refractivity contribution is -0.130. The van der Waals surface area contributed by atoms with Gasteiger partial charge in [0.2, 0.25) is 0 Å². The second-order valence-corrected chi connectivity index (χ2v) is 7.36. The van der Waals surface area contributed by atoms with Gasteiger partial charge in [-0.1, -0.05) is 25.0 Å². The first-order valence-corrected chi connectivity index (χ1v) is 9.02. The van der Waals surface area contributed by atoms with Crippen molar-refractivity contribution in [3.8, 4) is 0 Å². The number of anilines is 1. The van der Waals surface area contributed by atoms with Gasteiger partial charge in [0.1, 0.15) is 0 Å². The average molecular weight is 330 g/mol. The van der Waals surface area contributed by atoms with Gasteiger partial charge in [-0.3, -0.25) is 5.32 Å². The van der Waals surface area contributed by atoms with Gasteiger partial charge in [-0.05, 0) is 37.0 Å². The normalized spacial score (nSPS) is 30.0. The zero-order valence-corrected chi connectivity index (χ0v) is 14.2. The second kappa shape index (κ2) is 6.37. The molecule has 1 saturated heterocycles.